The molecule has 0 radical (unpaired) electrons. The zero-order chi connectivity index (χ0) is 9.26. The summed E-state index contributed by atoms with van der Waals surface area (Å²) in [6.45, 7) is 4.09. The van der Waals surface area contributed by atoms with Gasteiger partial charge in [-0.25, -0.2) is 0 Å². The summed E-state index contributed by atoms with van der Waals surface area (Å²) < 4.78 is 0. The second kappa shape index (κ2) is 3.64. The second-order valence-corrected chi connectivity index (χ2v) is 3.94. The second-order valence-electron chi connectivity index (χ2n) is 3.54. The molecular weight excluding hydrogens is 184 g/mol. The SMILES string of the molecule is Cc1cc(Cl)c(C2CCNC2)cn1. The molecule has 0 aliphatic carbocycles. The van der Waals surface area contributed by atoms with Crippen molar-refractivity contribution in [3.8, 4) is 0 Å². The first-order valence-corrected chi connectivity index (χ1v) is 4.98. The van der Waals surface area contributed by atoms with Gasteiger partial charge in [0.25, 0.3) is 0 Å². The molecule has 1 fully saturated rings. The molecule has 1 saturated heterocycles. The quantitative estimate of drug-likeness (QED) is 0.745. The molecule has 13 heavy (non-hydrogen) atoms. The van der Waals surface area contributed by atoms with E-state index in [4.69, 9.17) is 11.6 Å². The Labute approximate surface area is 83.3 Å². The lowest BCUT2D eigenvalue weighted by atomic mass is 10.0. The number of aryl methyl sites for hydroxylation is 1. The Morgan fingerprint density at radius 1 is 1.62 bits per heavy atom. The van der Waals surface area contributed by atoms with Crippen molar-refractivity contribution in [3.63, 3.8) is 0 Å². The van der Waals surface area contributed by atoms with Crippen LogP contribution >= 0.6 is 11.6 Å². The molecule has 1 aromatic heterocycles. The Balaban J connectivity index is 2.29. The molecule has 1 unspecified atom stereocenters. The summed E-state index contributed by atoms with van der Waals surface area (Å²) in [5.41, 5.74) is 2.18. The molecule has 2 nitrogen and oxygen atoms in total. The fourth-order valence-corrected chi connectivity index (χ4v) is 2.12. The molecule has 70 valence electrons. The van der Waals surface area contributed by atoms with Gasteiger partial charge < -0.3 is 5.32 Å². The van der Waals surface area contributed by atoms with Crippen molar-refractivity contribution in [2.45, 2.75) is 19.3 Å². The van der Waals surface area contributed by atoms with Crippen molar-refractivity contribution in [1.29, 1.82) is 0 Å². The first kappa shape index (κ1) is 8.97. The van der Waals surface area contributed by atoms with Crippen LogP contribution in [0.3, 0.4) is 0 Å². The van der Waals surface area contributed by atoms with Crippen LogP contribution in [0, 0.1) is 6.92 Å². The monoisotopic (exact) mass is 196 g/mol. The van der Waals surface area contributed by atoms with Crippen LogP contribution in [0.25, 0.3) is 0 Å². The van der Waals surface area contributed by atoms with E-state index in [1.165, 1.54) is 12.0 Å². The van der Waals surface area contributed by atoms with Crippen LogP contribution in [0.2, 0.25) is 5.02 Å². The van der Waals surface area contributed by atoms with Crippen molar-refractivity contribution < 1.29 is 0 Å². The van der Waals surface area contributed by atoms with Gasteiger partial charge in [-0.2, -0.15) is 0 Å². The number of aromatic nitrogens is 1. The molecule has 0 amide bonds. The van der Waals surface area contributed by atoms with E-state index in [1.807, 2.05) is 19.2 Å². The predicted octanol–water partition coefficient (Wildman–Crippen LogP) is 2.12. The third-order valence-corrected chi connectivity index (χ3v) is 2.85. The molecule has 0 saturated carbocycles. The van der Waals surface area contributed by atoms with Gasteiger partial charge in [0.15, 0.2) is 0 Å². The summed E-state index contributed by atoms with van der Waals surface area (Å²) in [6, 6.07) is 1.94. The fourth-order valence-electron chi connectivity index (χ4n) is 1.76. The van der Waals surface area contributed by atoms with E-state index in [1.54, 1.807) is 0 Å². The van der Waals surface area contributed by atoms with Crippen LogP contribution < -0.4 is 5.32 Å². The Morgan fingerprint density at radius 2 is 2.46 bits per heavy atom. The molecular formula is C10H13ClN2. The zero-order valence-electron chi connectivity index (χ0n) is 7.68. The van der Waals surface area contributed by atoms with E-state index in [-0.39, 0.29) is 0 Å². The first-order valence-electron chi connectivity index (χ1n) is 4.60. The van der Waals surface area contributed by atoms with E-state index < -0.39 is 0 Å². The Hall–Kier alpha value is -0.600. The molecule has 0 bridgehead atoms. The Kier molecular flexibility index (Phi) is 2.51. The minimum atomic E-state index is 0.556. The van der Waals surface area contributed by atoms with Crippen molar-refractivity contribution in [3.05, 3.63) is 28.5 Å². The lowest BCUT2D eigenvalue weighted by Crippen LogP contribution is -2.08. The van der Waals surface area contributed by atoms with Crippen LogP contribution in [0.4, 0.5) is 0 Å². The van der Waals surface area contributed by atoms with Crippen molar-refractivity contribution >= 4 is 11.6 Å². The lowest BCUT2D eigenvalue weighted by molar-refractivity contribution is 0.758. The predicted molar refractivity (Wildman–Crippen MR) is 54.2 cm³/mol. The van der Waals surface area contributed by atoms with Gasteiger partial charge in [0.1, 0.15) is 0 Å². The third kappa shape index (κ3) is 1.84. The van der Waals surface area contributed by atoms with Gasteiger partial charge in [-0.15, -0.1) is 0 Å². The number of halogens is 1. The summed E-state index contributed by atoms with van der Waals surface area (Å²) in [5.74, 6) is 0.556. The summed E-state index contributed by atoms with van der Waals surface area (Å²) in [6.07, 6.45) is 3.08. The van der Waals surface area contributed by atoms with Gasteiger partial charge in [0.2, 0.25) is 0 Å². The average Bonchev–Trinajstić information content (AvgIpc) is 2.56. The van der Waals surface area contributed by atoms with E-state index in [0.717, 1.165) is 23.8 Å². The molecule has 0 aromatic carbocycles. The van der Waals surface area contributed by atoms with Crippen LogP contribution in [-0.2, 0) is 0 Å². The van der Waals surface area contributed by atoms with E-state index in [2.05, 4.69) is 10.3 Å². The van der Waals surface area contributed by atoms with Crippen LogP contribution in [0.1, 0.15) is 23.6 Å². The van der Waals surface area contributed by atoms with Crippen molar-refractivity contribution in [2.24, 2.45) is 0 Å². The number of nitrogens with zero attached hydrogens (tertiary/aromatic N) is 1. The maximum Gasteiger partial charge on any atom is 0.0474 e. The molecule has 1 aliphatic rings. The molecule has 1 N–H and O–H groups in total. The third-order valence-electron chi connectivity index (χ3n) is 2.52. The zero-order valence-corrected chi connectivity index (χ0v) is 8.43. The normalized spacial score (nSPS) is 22.2. The number of hydrogen-bond acceptors (Lipinski definition) is 2. The molecule has 2 heterocycles. The number of pyridine rings is 1. The Bertz CT molecular complexity index is 306. The summed E-state index contributed by atoms with van der Waals surface area (Å²) in [4.78, 5) is 4.27. The highest BCUT2D eigenvalue weighted by atomic mass is 35.5. The molecule has 3 heteroatoms. The maximum atomic E-state index is 6.14. The van der Waals surface area contributed by atoms with Gasteiger partial charge in [0.05, 0.1) is 0 Å². The summed E-state index contributed by atoms with van der Waals surface area (Å²) >= 11 is 6.14. The average molecular weight is 197 g/mol. The van der Waals surface area contributed by atoms with E-state index in [9.17, 15) is 0 Å². The number of rotatable bonds is 1. The van der Waals surface area contributed by atoms with Crippen LogP contribution in [0.15, 0.2) is 12.3 Å². The smallest absolute Gasteiger partial charge is 0.0474 e. The first-order chi connectivity index (χ1) is 6.27. The van der Waals surface area contributed by atoms with Gasteiger partial charge >= 0.3 is 0 Å². The maximum absolute atomic E-state index is 6.14. The molecule has 1 aliphatic heterocycles. The molecule has 1 atom stereocenters. The van der Waals surface area contributed by atoms with Gasteiger partial charge in [-0.05, 0) is 31.5 Å². The van der Waals surface area contributed by atoms with Crippen LogP contribution in [0.5, 0.6) is 0 Å². The van der Waals surface area contributed by atoms with Gasteiger partial charge in [-0.3, -0.25) is 4.98 Å². The van der Waals surface area contributed by atoms with E-state index >= 15 is 0 Å². The number of hydrogen-bond donors (Lipinski definition) is 1. The molecule has 1 aromatic rings. The van der Waals surface area contributed by atoms with Crippen LogP contribution in [-0.4, -0.2) is 18.1 Å². The minimum Gasteiger partial charge on any atom is -0.316 e. The Morgan fingerprint density at radius 3 is 3.08 bits per heavy atom. The molecule has 0 spiro atoms. The highest BCUT2D eigenvalue weighted by Gasteiger charge is 2.19. The highest BCUT2D eigenvalue weighted by molar-refractivity contribution is 6.31. The fraction of sp³-hybridized carbons (Fsp3) is 0.500. The lowest BCUT2D eigenvalue weighted by Gasteiger charge is -2.10. The largest absolute Gasteiger partial charge is 0.316 e. The van der Waals surface area contributed by atoms with Gasteiger partial charge in [-0.1, -0.05) is 11.6 Å². The highest BCUT2D eigenvalue weighted by Crippen LogP contribution is 2.28. The summed E-state index contributed by atoms with van der Waals surface area (Å²) in [5, 5.41) is 4.19. The summed E-state index contributed by atoms with van der Waals surface area (Å²) in [7, 11) is 0. The standard InChI is InChI=1S/C10H13ClN2/c1-7-4-10(11)9(6-13-7)8-2-3-12-5-8/h4,6,8,12H,2-3,5H2,1H3. The minimum absolute atomic E-state index is 0.556. The number of nitrogens with one attached hydrogen (secondary N) is 1. The topological polar surface area (TPSA) is 24.9 Å². The molecule has 2 rings (SSSR count). The van der Waals surface area contributed by atoms with E-state index in [0.29, 0.717) is 5.92 Å². The van der Waals surface area contributed by atoms with Gasteiger partial charge in [0, 0.05) is 29.4 Å². The van der Waals surface area contributed by atoms with Crippen molar-refractivity contribution in [2.75, 3.05) is 13.1 Å². The van der Waals surface area contributed by atoms with Crippen molar-refractivity contribution in [1.82, 2.24) is 10.3 Å².